The predicted octanol–water partition coefficient (Wildman–Crippen LogP) is 6.02. The summed E-state index contributed by atoms with van der Waals surface area (Å²) in [7, 11) is 0. The molecule has 110 valence electrons. The Morgan fingerprint density at radius 2 is 1.76 bits per heavy atom. The number of carbonyl (C=O) groups excluding carboxylic acids is 1. The molecule has 0 heterocycles. The summed E-state index contributed by atoms with van der Waals surface area (Å²) in [6, 6.07) is 13.1. The van der Waals surface area contributed by atoms with Crippen molar-refractivity contribution in [3.63, 3.8) is 0 Å². The van der Waals surface area contributed by atoms with Crippen LogP contribution in [0.4, 0.5) is 0 Å². The number of benzene rings is 2. The van der Waals surface area contributed by atoms with Gasteiger partial charge in [0.25, 0.3) is 0 Å². The molecule has 0 amide bonds. The molecule has 21 heavy (non-hydrogen) atoms. The van der Waals surface area contributed by atoms with Gasteiger partial charge in [0.15, 0.2) is 5.78 Å². The maximum absolute atomic E-state index is 12.5. The summed E-state index contributed by atoms with van der Waals surface area (Å²) >= 11 is 9.49. The second kappa shape index (κ2) is 6.33. The standard InChI is InChI=1S/C18H18BrClO/c1-4-18(2,3)13-7-5-12(6-8-13)17(21)15-10-9-14(19)11-16(15)20/h5-11H,4H2,1-3H3. The molecule has 3 heteroatoms. The van der Waals surface area contributed by atoms with Crippen LogP contribution in [0.15, 0.2) is 46.9 Å². The fourth-order valence-corrected chi connectivity index (χ4v) is 2.87. The Bertz CT molecular complexity index is 659. The zero-order chi connectivity index (χ0) is 15.6. The lowest BCUT2D eigenvalue weighted by Crippen LogP contribution is -2.15. The van der Waals surface area contributed by atoms with Gasteiger partial charge in [-0.2, -0.15) is 0 Å². The Morgan fingerprint density at radius 3 is 2.29 bits per heavy atom. The van der Waals surface area contributed by atoms with Crippen LogP contribution in [0.2, 0.25) is 5.02 Å². The van der Waals surface area contributed by atoms with Gasteiger partial charge >= 0.3 is 0 Å². The van der Waals surface area contributed by atoms with E-state index in [1.54, 1.807) is 12.1 Å². The van der Waals surface area contributed by atoms with E-state index in [1.165, 1.54) is 5.56 Å². The van der Waals surface area contributed by atoms with E-state index < -0.39 is 0 Å². The van der Waals surface area contributed by atoms with Crippen molar-refractivity contribution in [1.29, 1.82) is 0 Å². The molecule has 1 nitrogen and oxygen atoms in total. The fourth-order valence-electron chi connectivity index (χ4n) is 2.11. The van der Waals surface area contributed by atoms with Crippen molar-refractivity contribution in [2.45, 2.75) is 32.6 Å². The van der Waals surface area contributed by atoms with Gasteiger partial charge in [0.05, 0.1) is 5.02 Å². The lowest BCUT2D eigenvalue weighted by molar-refractivity contribution is 0.103. The molecular weight excluding hydrogens is 348 g/mol. The molecule has 2 rings (SSSR count). The number of hydrogen-bond acceptors (Lipinski definition) is 1. The monoisotopic (exact) mass is 364 g/mol. The van der Waals surface area contributed by atoms with E-state index in [4.69, 9.17) is 11.6 Å². The number of hydrogen-bond donors (Lipinski definition) is 0. The Labute approximate surface area is 139 Å². The third kappa shape index (κ3) is 3.56. The average molecular weight is 366 g/mol. The van der Waals surface area contributed by atoms with Crippen molar-refractivity contribution in [3.05, 3.63) is 68.7 Å². The lowest BCUT2D eigenvalue weighted by Gasteiger charge is -2.23. The highest BCUT2D eigenvalue weighted by Gasteiger charge is 2.19. The van der Waals surface area contributed by atoms with Crippen LogP contribution in [0.5, 0.6) is 0 Å². The van der Waals surface area contributed by atoms with E-state index in [0.29, 0.717) is 16.1 Å². The van der Waals surface area contributed by atoms with E-state index in [9.17, 15) is 4.79 Å². The smallest absolute Gasteiger partial charge is 0.194 e. The molecule has 0 N–H and O–H groups in total. The molecule has 2 aromatic rings. The second-order valence-corrected chi connectivity index (χ2v) is 7.09. The lowest BCUT2D eigenvalue weighted by atomic mass is 9.82. The summed E-state index contributed by atoms with van der Waals surface area (Å²) in [5.74, 6) is -0.0478. The molecule has 0 aliphatic heterocycles. The van der Waals surface area contributed by atoms with Crippen LogP contribution in [-0.4, -0.2) is 5.78 Å². The van der Waals surface area contributed by atoms with E-state index >= 15 is 0 Å². The fraction of sp³-hybridized carbons (Fsp3) is 0.278. The number of carbonyl (C=O) groups is 1. The molecule has 0 unspecified atom stereocenters. The summed E-state index contributed by atoms with van der Waals surface area (Å²) in [6.45, 7) is 6.57. The summed E-state index contributed by atoms with van der Waals surface area (Å²) in [6.07, 6.45) is 1.05. The number of halogens is 2. The predicted molar refractivity (Wildman–Crippen MR) is 92.3 cm³/mol. The van der Waals surface area contributed by atoms with Gasteiger partial charge in [-0.1, -0.05) is 72.6 Å². The van der Waals surface area contributed by atoms with E-state index in [-0.39, 0.29) is 11.2 Å². The van der Waals surface area contributed by atoms with Gasteiger partial charge in [-0.25, -0.2) is 0 Å². The highest BCUT2D eigenvalue weighted by atomic mass is 79.9. The third-order valence-electron chi connectivity index (χ3n) is 3.99. The van der Waals surface area contributed by atoms with E-state index in [2.05, 4.69) is 36.7 Å². The van der Waals surface area contributed by atoms with Gasteiger partial charge in [0.2, 0.25) is 0 Å². The molecule has 2 aromatic carbocycles. The topological polar surface area (TPSA) is 17.1 Å². The largest absolute Gasteiger partial charge is 0.289 e. The summed E-state index contributed by atoms with van der Waals surface area (Å²) in [5.41, 5.74) is 2.55. The SMILES string of the molecule is CCC(C)(C)c1ccc(C(=O)c2ccc(Br)cc2Cl)cc1. The van der Waals surface area contributed by atoms with Crippen LogP contribution >= 0.6 is 27.5 Å². The molecule has 0 fully saturated rings. The molecule has 0 bridgehead atoms. The van der Waals surface area contributed by atoms with Crippen molar-refractivity contribution >= 4 is 33.3 Å². The first kappa shape index (κ1) is 16.3. The quantitative estimate of drug-likeness (QED) is 0.605. The highest BCUT2D eigenvalue weighted by molar-refractivity contribution is 9.10. The average Bonchev–Trinajstić information content (AvgIpc) is 2.47. The van der Waals surface area contributed by atoms with Crippen molar-refractivity contribution in [1.82, 2.24) is 0 Å². The van der Waals surface area contributed by atoms with Crippen molar-refractivity contribution in [2.75, 3.05) is 0 Å². The van der Waals surface area contributed by atoms with Crippen LogP contribution in [0, 0.1) is 0 Å². The molecular formula is C18H18BrClO. The minimum Gasteiger partial charge on any atom is -0.289 e. The zero-order valence-electron chi connectivity index (χ0n) is 12.4. The highest BCUT2D eigenvalue weighted by Crippen LogP contribution is 2.28. The van der Waals surface area contributed by atoms with Gasteiger partial charge in [-0.05, 0) is 35.6 Å². The summed E-state index contributed by atoms with van der Waals surface area (Å²) < 4.78 is 0.865. The molecule has 0 aliphatic rings. The van der Waals surface area contributed by atoms with Crippen LogP contribution in [0.3, 0.4) is 0 Å². The van der Waals surface area contributed by atoms with Crippen molar-refractivity contribution in [3.8, 4) is 0 Å². The first-order valence-corrected chi connectivity index (χ1v) is 8.12. The normalized spacial score (nSPS) is 11.5. The Hall–Kier alpha value is -1.12. The van der Waals surface area contributed by atoms with Gasteiger partial charge in [-0.15, -0.1) is 0 Å². The maximum atomic E-state index is 12.5. The minimum atomic E-state index is -0.0478. The molecule has 0 aromatic heterocycles. The number of ketones is 1. The van der Waals surface area contributed by atoms with Crippen LogP contribution in [0.25, 0.3) is 0 Å². The second-order valence-electron chi connectivity index (χ2n) is 5.77. The number of rotatable bonds is 4. The van der Waals surface area contributed by atoms with Crippen LogP contribution < -0.4 is 0 Å². The molecule has 0 atom stereocenters. The molecule has 0 saturated carbocycles. The molecule has 0 radical (unpaired) electrons. The summed E-state index contributed by atoms with van der Waals surface area (Å²) in [5, 5.41) is 0.465. The van der Waals surface area contributed by atoms with E-state index in [0.717, 1.165) is 10.9 Å². The summed E-state index contributed by atoms with van der Waals surface area (Å²) in [4.78, 5) is 12.5. The minimum absolute atomic E-state index is 0.0478. The van der Waals surface area contributed by atoms with Crippen LogP contribution in [0.1, 0.15) is 48.7 Å². The first-order valence-electron chi connectivity index (χ1n) is 6.95. The zero-order valence-corrected chi connectivity index (χ0v) is 14.8. The van der Waals surface area contributed by atoms with Crippen molar-refractivity contribution in [2.24, 2.45) is 0 Å². The van der Waals surface area contributed by atoms with Gasteiger partial charge in [0.1, 0.15) is 0 Å². The van der Waals surface area contributed by atoms with Gasteiger partial charge < -0.3 is 0 Å². The third-order valence-corrected chi connectivity index (χ3v) is 4.79. The molecule has 0 aliphatic carbocycles. The van der Waals surface area contributed by atoms with Crippen LogP contribution in [-0.2, 0) is 5.41 Å². The Balaban J connectivity index is 2.32. The van der Waals surface area contributed by atoms with Crippen molar-refractivity contribution < 1.29 is 4.79 Å². The Morgan fingerprint density at radius 1 is 1.14 bits per heavy atom. The first-order chi connectivity index (χ1) is 9.85. The van der Waals surface area contributed by atoms with Gasteiger partial charge in [-0.3, -0.25) is 4.79 Å². The van der Waals surface area contributed by atoms with E-state index in [1.807, 2.05) is 30.3 Å². The Kier molecular flexibility index (Phi) is 4.90. The maximum Gasteiger partial charge on any atom is 0.194 e. The molecule has 0 saturated heterocycles. The molecule has 0 spiro atoms. The van der Waals surface area contributed by atoms with Gasteiger partial charge in [0, 0.05) is 15.6 Å².